The smallest absolute Gasteiger partial charge is 0.243 e. The van der Waals surface area contributed by atoms with Gasteiger partial charge in [0.25, 0.3) is 0 Å². The van der Waals surface area contributed by atoms with Crippen LogP contribution in [0.5, 0.6) is 0 Å². The molecular formula is C21H27N3O2. The van der Waals surface area contributed by atoms with E-state index in [1.165, 1.54) is 0 Å². The molecule has 2 amide bonds. The lowest BCUT2D eigenvalue weighted by Crippen LogP contribution is -2.22. The molecule has 0 aromatic heterocycles. The number of rotatable bonds is 7. The van der Waals surface area contributed by atoms with Crippen LogP contribution in [0.3, 0.4) is 0 Å². The van der Waals surface area contributed by atoms with Gasteiger partial charge in [-0.15, -0.1) is 0 Å². The van der Waals surface area contributed by atoms with E-state index in [4.69, 9.17) is 0 Å². The summed E-state index contributed by atoms with van der Waals surface area (Å²) >= 11 is 0. The van der Waals surface area contributed by atoms with Crippen LogP contribution in [0.1, 0.15) is 31.4 Å². The summed E-state index contributed by atoms with van der Waals surface area (Å²) in [6, 6.07) is 13.3. The number of carbonyl (C=O) groups is 2. The second-order valence-corrected chi connectivity index (χ2v) is 6.94. The molecule has 0 spiro atoms. The number of hydrogen-bond donors (Lipinski definition) is 3. The highest BCUT2D eigenvalue weighted by atomic mass is 16.2. The van der Waals surface area contributed by atoms with Gasteiger partial charge in [0, 0.05) is 23.5 Å². The lowest BCUT2D eigenvalue weighted by molar-refractivity contribution is -0.117. The Kier molecular flexibility index (Phi) is 6.78. The minimum absolute atomic E-state index is 0.00797. The minimum atomic E-state index is -0.104. The Bertz CT molecular complexity index is 767. The fraction of sp³-hybridized carbons (Fsp3) is 0.333. The number of benzene rings is 2. The molecule has 0 aliphatic rings. The van der Waals surface area contributed by atoms with Crippen LogP contribution in [0.15, 0.2) is 42.5 Å². The van der Waals surface area contributed by atoms with E-state index in [-0.39, 0.29) is 18.4 Å². The lowest BCUT2D eigenvalue weighted by Gasteiger charge is -2.11. The molecule has 3 N–H and O–H groups in total. The largest absolute Gasteiger partial charge is 0.376 e. The van der Waals surface area contributed by atoms with Gasteiger partial charge in [-0.25, -0.2) is 0 Å². The van der Waals surface area contributed by atoms with Gasteiger partial charge in [0.2, 0.25) is 11.8 Å². The summed E-state index contributed by atoms with van der Waals surface area (Å²) in [6.45, 7) is 8.15. The Labute approximate surface area is 155 Å². The molecular weight excluding hydrogens is 326 g/mol. The molecule has 0 radical (unpaired) electrons. The van der Waals surface area contributed by atoms with Gasteiger partial charge >= 0.3 is 0 Å². The number of aryl methyl sites for hydroxylation is 2. The molecule has 138 valence electrons. The maximum Gasteiger partial charge on any atom is 0.243 e. The van der Waals surface area contributed by atoms with Crippen molar-refractivity contribution in [2.24, 2.45) is 5.92 Å². The van der Waals surface area contributed by atoms with E-state index in [2.05, 4.69) is 16.0 Å². The molecule has 0 unspecified atom stereocenters. The van der Waals surface area contributed by atoms with Crippen LogP contribution in [0.25, 0.3) is 0 Å². The third-order valence-corrected chi connectivity index (χ3v) is 3.88. The summed E-state index contributed by atoms with van der Waals surface area (Å²) in [5.74, 6) is 0.230. The molecule has 5 nitrogen and oxygen atoms in total. The second kappa shape index (κ2) is 9.04. The van der Waals surface area contributed by atoms with Gasteiger partial charge in [0.1, 0.15) is 0 Å². The van der Waals surface area contributed by atoms with Crippen molar-refractivity contribution in [3.05, 3.63) is 53.6 Å². The molecule has 5 heteroatoms. The minimum Gasteiger partial charge on any atom is -0.376 e. The topological polar surface area (TPSA) is 70.2 Å². The monoisotopic (exact) mass is 353 g/mol. The van der Waals surface area contributed by atoms with Gasteiger partial charge in [-0.3, -0.25) is 9.59 Å². The Morgan fingerprint density at radius 1 is 0.885 bits per heavy atom. The Morgan fingerprint density at radius 2 is 1.54 bits per heavy atom. The van der Waals surface area contributed by atoms with Crippen molar-refractivity contribution in [3.8, 4) is 0 Å². The summed E-state index contributed by atoms with van der Waals surface area (Å²) in [6.07, 6.45) is 0.499. The molecule has 2 aromatic carbocycles. The van der Waals surface area contributed by atoms with Gasteiger partial charge in [-0.05, 0) is 61.2 Å². The first-order valence-electron chi connectivity index (χ1n) is 8.84. The van der Waals surface area contributed by atoms with Gasteiger partial charge < -0.3 is 16.0 Å². The molecule has 0 bridgehead atoms. The van der Waals surface area contributed by atoms with E-state index in [9.17, 15) is 9.59 Å². The zero-order valence-electron chi connectivity index (χ0n) is 15.8. The van der Waals surface area contributed by atoms with Gasteiger partial charge in [-0.1, -0.05) is 26.0 Å². The zero-order valence-corrected chi connectivity index (χ0v) is 15.8. The van der Waals surface area contributed by atoms with E-state index >= 15 is 0 Å². The van der Waals surface area contributed by atoms with Crippen LogP contribution < -0.4 is 16.0 Å². The van der Waals surface area contributed by atoms with Crippen molar-refractivity contribution in [1.82, 2.24) is 0 Å². The molecule has 0 aliphatic carbocycles. The summed E-state index contributed by atoms with van der Waals surface area (Å²) in [5, 5.41) is 8.87. The van der Waals surface area contributed by atoms with Crippen molar-refractivity contribution >= 4 is 28.9 Å². The van der Waals surface area contributed by atoms with Crippen molar-refractivity contribution < 1.29 is 9.59 Å². The number of carbonyl (C=O) groups excluding carboxylic acids is 2. The molecule has 0 saturated heterocycles. The van der Waals surface area contributed by atoms with Crippen LogP contribution in [-0.4, -0.2) is 18.4 Å². The van der Waals surface area contributed by atoms with Crippen LogP contribution in [0.4, 0.5) is 17.1 Å². The second-order valence-electron chi connectivity index (χ2n) is 6.94. The van der Waals surface area contributed by atoms with E-state index < -0.39 is 0 Å². The standard InChI is InChI=1S/C21H27N3O2/c1-14(2)11-20(25)23-18-9-7-17(8-10-18)22-13-21(26)24-19-12-15(3)5-6-16(19)4/h5-10,12,14,22H,11,13H2,1-4H3,(H,23,25)(H,24,26). The first kappa shape index (κ1) is 19.5. The normalized spacial score (nSPS) is 10.5. The third kappa shape index (κ3) is 6.24. The third-order valence-electron chi connectivity index (χ3n) is 3.88. The first-order chi connectivity index (χ1) is 12.3. The number of hydrogen-bond acceptors (Lipinski definition) is 3. The van der Waals surface area contributed by atoms with Crippen molar-refractivity contribution in [2.45, 2.75) is 34.1 Å². The zero-order chi connectivity index (χ0) is 19.1. The maximum absolute atomic E-state index is 12.1. The summed E-state index contributed by atoms with van der Waals surface area (Å²) in [4.78, 5) is 23.9. The molecule has 0 saturated carbocycles. The Hall–Kier alpha value is -2.82. The summed E-state index contributed by atoms with van der Waals surface area (Å²) in [5.41, 5.74) is 4.54. The SMILES string of the molecule is Cc1ccc(C)c(NC(=O)CNc2ccc(NC(=O)CC(C)C)cc2)c1. The van der Waals surface area contributed by atoms with E-state index in [0.29, 0.717) is 12.3 Å². The maximum atomic E-state index is 12.1. The summed E-state index contributed by atoms with van der Waals surface area (Å²) < 4.78 is 0. The highest BCUT2D eigenvalue weighted by Crippen LogP contribution is 2.17. The fourth-order valence-electron chi connectivity index (χ4n) is 2.50. The van der Waals surface area contributed by atoms with Crippen LogP contribution in [0, 0.1) is 19.8 Å². The molecule has 0 fully saturated rings. The molecule has 2 rings (SSSR count). The van der Waals surface area contributed by atoms with E-state index in [0.717, 1.165) is 28.2 Å². The highest BCUT2D eigenvalue weighted by molar-refractivity contribution is 5.94. The van der Waals surface area contributed by atoms with Gasteiger partial charge in [0.15, 0.2) is 0 Å². The molecule has 0 atom stereocenters. The Morgan fingerprint density at radius 3 is 2.19 bits per heavy atom. The highest BCUT2D eigenvalue weighted by Gasteiger charge is 2.07. The van der Waals surface area contributed by atoms with Crippen molar-refractivity contribution in [1.29, 1.82) is 0 Å². The van der Waals surface area contributed by atoms with Crippen LogP contribution in [0.2, 0.25) is 0 Å². The number of amides is 2. The van der Waals surface area contributed by atoms with E-state index in [1.807, 2.05) is 70.2 Å². The molecule has 0 heterocycles. The van der Waals surface area contributed by atoms with Crippen LogP contribution >= 0.6 is 0 Å². The Balaban J connectivity index is 1.84. The average molecular weight is 353 g/mol. The summed E-state index contributed by atoms with van der Waals surface area (Å²) in [7, 11) is 0. The first-order valence-corrected chi connectivity index (χ1v) is 8.84. The predicted octanol–water partition coefficient (Wildman–Crippen LogP) is 4.34. The molecule has 2 aromatic rings. The molecule has 26 heavy (non-hydrogen) atoms. The van der Waals surface area contributed by atoms with Gasteiger partial charge in [-0.2, -0.15) is 0 Å². The van der Waals surface area contributed by atoms with Crippen molar-refractivity contribution in [2.75, 3.05) is 22.5 Å². The fourth-order valence-corrected chi connectivity index (χ4v) is 2.50. The van der Waals surface area contributed by atoms with Gasteiger partial charge in [0.05, 0.1) is 6.54 Å². The van der Waals surface area contributed by atoms with Crippen LogP contribution in [-0.2, 0) is 9.59 Å². The van der Waals surface area contributed by atoms with E-state index in [1.54, 1.807) is 0 Å². The predicted molar refractivity (Wildman–Crippen MR) is 108 cm³/mol. The lowest BCUT2D eigenvalue weighted by atomic mass is 10.1. The van der Waals surface area contributed by atoms with Crippen molar-refractivity contribution in [3.63, 3.8) is 0 Å². The molecule has 0 aliphatic heterocycles. The average Bonchev–Trinajstić information content (AvgIpc) is 2.57. The number of anilines is 3. The quantitative estimate of drug-likeness (QED) is 0.693. The number of nitrogens with one attached hydrogen (secondary N) is 3.